The molecule has 0 saturated carbocycles. The summed E-state index contributed by atoms with van der Waals surface area (Å²) in [5.41, 5.74) is 1.64. The van der Waals surface area contributed by atoms with E-state index in [2.05, 4.69) is 19.1 Å². The minimum Gasteiger partial charge on any atom is -0.482 e. The van der Waals surface area contributed by atoms with Gasteiger partial charge in [-0.25, -0.2) is 4.79 Å². The molecular weight excluding hydrogens is 302 g/mol. The quantitative estimate of drug-likeness (QED) is 0.696. The van der Waals surface area contributed by atoms with Crippen molar-refractivity contribution in [3.63, 3.8) is 0 Å². The molecule has 4 heteroatoms. The normalized spacial score (nSPS) is 23.8. The predicted molar refractivity (Wildman–Crippen MR) is 95.1 cm³/mol. The summed E-state index contributed by atoms with van der Waals surface area (Å²) in [4.78, 5) is 14.2. The standard InChI is InChI=1S/C20H27NO3/c1-15-14-20(23-17-9-6-5-8-16(15)17)10-7-12-21(13-11-20)18(22)24-19(2,3)4/h5-6,8-9,14H,7,10-13H2,1-4H3. The Labute approximate surface area is 144 Å². The van der Waals surface area contributed by atoms with Crippen molar-refractivity contribution in [1.29, 1.82) is 0 Å². The zero-order valence-corrected chi connectivity index (χ0v) is 15.1. The van der Waals surface area contributed by atoms with Gasteiger partial charge in [-0.15, -0.1) is 0 Å². The predicted octanol–water partition coefficient (Wildman–Crippen LogP) is 4.64. The first-order valence-electron chi connectivity index (χ1n) is 8.74. The summed E-state index contributed by atoms with van der Waals surface area (Å²) in [7, 11) is 0. The molecule has 1 aromatic rings. The summed E-state index contributed by atoms with van der Waals surface area (Å²) >= 11 is 0. The van der Waals surface area contributed by atoms with Crippen molar-refractivity contribution in [2.24, 2.45) is 0 Å². The third-order valence-electron chi connectivity index (χ3n) is 4.59. The Morgan fingerprint density at radius 2 is 1.96 bits per heavy atom. The largest absolute Gasteiger partial charge is 0.482 e. The van der Waals surface area contributed by atoms with Gasteiger partial charge < -0.3 is 14.4 Å². The van der Waals surface area contributed by atoms with Crippen LogP contribution in [-0.4, -0.2) is 35.3 Å². The van der Waals surface area contributed by atoms with E-state index in [9.17, 15) is 4.79 Å². The lowest BCUT2D eigenvalue weighted by Gasteiger charge is -2.36. The molecule has 4 nitrogen and oxygen atoms in total. The molecule has 2 aliphatic heterocycles. The van der Waals surface area contributed by atoms with Gasteiger partial charge in [0.05, 0.1) is 0 Å². The molecule has 1 atom stereocenters. The molecule has 0 bridgehead atoms. The van der Waals surface area contributed by atoms with E-state index in [4.69, 9.17) is 9.47 Å². The SMILES string of the molecule is CC1=CC2(CCCN(C(=O)OC(C)(C)C)CC2)Oc2ccccc21. The molecule has 1 unspecified atom stereocenters. The lowest BCUT2D eigenvalue weighted by Crippen LogP contribution is -2.40. The maximum atomic E-state index is 12.3. The van der Waals surface area contributed by atoms with Gasteiger partial charge in [0.2, 0.25) is 0 Å². The van der Waals surface area contributed by atoms with Crippen LogP contribution in [0.25, 0.3) is 5.57 Å². The number of fused-ring (bicyclic) bond motifs is 1. The van der Waals surface area contributed by atoms with Crippen LogP contribution in [-0.2, 0) is 4.74 Å². The van der Waals surface area contributed by atoms with E-state index in [1.54, 1.807) is 0 Å². The van der Waals surface area contributed by atoms with Gasteiger partial charge in [0, 0.05) is 25.1 Å². The van der Waals surface area contributed by atoms with Gasteiger partial charge in [0.25, 0.3) is 0 Å². The molecule has 1 fully saturated rings. The smallest absolute Gasteiger partial charge is 0.410 e. The first-order valence-corrected chi connectivity index (χ1v) is 8.74. The van der Waals surface area contributed by atoms with Crippen LogP contribution in [0.5, 0.6) is 5.75 Å². The van der Waals surface area contributed by atoms with E-state index < -0.39 is 5.60 Å². The fourth-order valence-corrected chi connectivity index (χ4v) is 3.49. The first-order chi connectivity index (χ1) is 11.3. The van der Waals surface area contributed by atoms with Crippen LogP contribution in [0, 0.1) is 0 Å². The number of carbonyl (C=O) groups excluding carboxylic acids is 1. The van der Waals surface area contributed by atoms with Crippen LogP contribution >= 0.6 is 0 Å². The zero-order chi connectivity index (χ0) is 17.4. The second kappa shape index (κ2) is 6.15. The van der Waals surface area contributed by atoms with Gasteiger partial charge in [-0.05, 0) is 58.3 Å². The van der Waals surface area contributed by atoms with Crippen LogP contribution in [0.15, 0.2) is 30.3 Å². The average Bonchev–Trinajstić information content (AvgIpc) is 2.68. The van der Waals surface area contributed by atoms with Crippen molar-refractivity contribution >= 4 is 11.7 Å². The second-order valence-corrected chi connectivity index (χ2v) is 7.81. The molecule has 0 N–H and O–H groups in total. The van der Waals surface area contributed by atoms with Crippen molar-refractivity contribution in [2.75, 3.05) is 13.1 Å². The minimum absolute atomic E-state index is 0.225. The highest BCUT2D eigenvalue weighted by Gasteiger charge is 2.37. The van der Waals surface area contributed by atoms with Crippen LogP contribution in [0.1, 0.15) is 52.5 Å². The van der Waals surface area contributed by atoms with E-state index >= 15 is 0 Å². The monoisotopic (exact) mass is 329 g/mol. The van der Waals surface area contributed by atoms with Gasteiger partial charge in [0.15, 0.2) is 0 Å². The highest BCUT2D eigenvalue weighted by molar-refractivity contribution is 5.72. The summed E-state index contributed by atoms with van der Waals surface area (Å²) in [6, 6.07) is 8.17. The maximum absolute atomic E-state index is 12.3. The summed E-state index contributed by atoms with van der Waals surface area (Å²) in [5, 5.41) is 0. The number of hydrogen-bond acceptors (Lipinski definition) is 3. The third kappa shape index (κ3) is 3.58. The number of hydrogen-bond donors (Lipinski definition) is 0. The molecule has 1 aromatic carbocycles. The zero-order valence-electron chi connectivity index (χ0n) is 15.1. The van der Waals surface area contributed by atoms with E-state index in [1.165, 1.54) is 5.57 Å². The van der Waals surface area contributed by atoms with E-state index in [-0.39, 0.29) is 11.7 Å². The highest BCUT2D eigenvalue weighted by Crippen LogP contribution is 2.40. The molecule has 1 saturated heterocycles. The Hall–Kier alpha value is -1.97. The van der Waals surface area contributed by atoms with Gasteiger partial charge in [-0.2, -0.15) is 0 Å². The summed E-state index contributed by atoms with van der Waals surface area (Å²) in [5.74, 6) is 0.947. The van der Waals surface area contributed by atoms with Crippen molar-refractivity contribution in [2.45, 2.75) is 58.2 Å². The lowest BCUT2D eigenvalue weighted by molar-refractivity contribution is 0.0243. The summed E-state index contributed by atoms with van der Waals surface area (Å²) in [6.45, 7) is 9.21. The Morgan fingerprint density at radius 3 is 2.71 bits per heavy atom. The number of carbonyl (C=O) groups is 1. The Kier molecular flexibility index (Phi) is 4.33. The number of allylic oxidation sites excluding steroid dienone is 1. The highest BCUT2D eigenvalue weighted by atomic mass is 16.6. The molecule has 3 rings (SSSR count). The number of benzene rings is 1. The molecule has 24 heavy (non-hydrogen) atoms. The van der Waals surface area contributed by atoms with Gasteiger partial charge in [-0.3, -0.25) is 0 Å². The Bertz CT molecular complexity index is 659. The lowest BCUT2D eigenvalue weighted by atomic mass is 9.87. The fourth-order valence-electron chi connectivity index (χ4n) is 3.49. The Morgan fingerprint density at radius 1 is 1.21 bits per heavy atom. The number of para-hydroxylation sites is 1. The number of amides is 1. The fraction of sp³-hybridized carbons (Fsp3) is 0.550. The van der Waals surface area contributed by atoms with Gasteiger partial charge in [0.1, 0.15) is 17.0 Å². The van der Waals surface area contributed by atoms with Gasteiger partial charge in [-0.1, -0.05) is 18.2 Å². The first kappa shape index (κ1) is 16.9. The number of likely N-dealkylation sites (tertiary alicyclic amines) is 1. The van der Waals surface area contributed by atoms with E-state index in [0.29, 0.717) is 13.1 Å². The molecule has 1 amide bonds. The van der Waals surface area contributed by atoms with Crippen LogP contribution in [0.4, 0.5) is 4.79 Å². The van der Waals surface area contributed by atoms with Crippen molar-refractivity contribution < 1.29 is 14.3 Å². The van der Waals surface area contributed by atoms with Crippen LogP contribution in [0.3, 0.4) is 0 Å². The van der Waals surface area contributed by atoms with Crippen molar-refractivity contribution in [1.82, 2.24) is 4.90 Å². The number of nitrogens with zero attached hydrogens (tertiary/aromatic N) is 1. The van der Waals surface area contributed by atoms with Crippen molar-refractivity contribution in [3.8, 4) is 5.75 Å². The molecule has 2 aliphatic rings. The minimum atomic E-state index is -0.460. The summed E-state index contributed by atoms with van der Waals surface area (Å²) in [6.07, 6.45) is 4.63. The van der Waals surface area contributed by atoms with Crippen molar-refractivity contribution in [3.05, 3.63) is 35.9 Å². The third-order valence-corrected chi connectivity index (χ3v) is 4.59. The van der Waals surface area contributed by atoms with E-state index in [0.717, 1.165) is 30.6 Å². The molecule has 1 spiro atoms. The molecule has 0 aromatic heterocycles. The topological polar surface area (TPSA) is 38.8 Å². The molecule has 130 valence electrons. The van der Waals surface area contributed by atoms with Crippen LogP contribution < -0.4 is 4.74 Å². The van der Waals surface area contributed by atoms with Crippen LogP contribution in [0.2, 0.25) is 0 Å². The average molecular weight is 329 g/mol. The van der Waals surface area contributed by atoms with E-state index in [1.807, 2.05) is 43.9 Å². The summed E-state index contributed by atoms with van der Waals surface area (Å²) < 4.78 is 11.9. The maximum Gasteiger partial charge on any atom is 0.410 e. The molecule has 0 radical (unpaired) electrons. The molecule has 2 heterocycles. The Balaban J connectivity index is 1.75. The second-order valence-electron chi connectivity index (χ2n) is 7.81. The number of rotatable bonds is 0. The molecule has 0 aliphatic carbocycles. The number of ether oxygens (including phenoxy) is 2. The van der Waals surface area contributed by atoms with Gasteiger partial charge >= 0.3 is 6.09 Å². The molecular formula is C20H27NO3.